The van der Waals surface area contributed by atoms with Crippen molar-refractivity contribution in [3.8, 4) is 44.8 Å². The van der Waals surface area contributed by atoms with E-state index in [0.29, 0.717) is 23.7 Å². The Morgan fingerprint density at radius 1 is 0.759 bits per heavy atom. The average molecular weight is 780 g/mol. The highest BCUT2D eigenvalue weighted by Gasteiger charge is 2.56. The van der Waals surface area contributed by atoms with Crippen molar-refractivity contribution in [2.45, 2.75) is 110 Å². The lowest BCUT2D eigenvalue weighted by Crippen LogP contribution is -2.38. The Labute approximate surface area is 339 Å². The third-order valence-corrected chi connectivity index (χ3v) is 11.9. The van der Waals surface area contributed by atoms with Gasteiger partial charge in [0.15, 0.2) is 0 Å². The van der Waals surface area contributed by atoms with Gasteiger partial charge in [-0.15, -0.1) is 0 Å². The molecule has 9 rings (SSSR count). The molecule has 3 aromatic heterocycles. The predicted octanol–water partition coefficient (Wildman–Crippen LogP) is 10.7. The molecule has 6 atom stereocenters. The maximum atomic E-state index is 13.4. The number of fused-ring (bicyclic) bond motifs is 2. The molecule has 1 amide bonds. The number of nitrogens with one attached hydrogen (secondary N) is 3. The summed E-state index contributed by atoms with van der Waals surface area (Å²) in [6.07, 6.45) is 7.82. The molecule has 58 heavy (non-hydrogen) atoms. The molecule has 0 radical (unpaired) electrons. The zero-order chi connectivity index (χ0) is 40.7. The molecule has 3 aliphatic rings. The van der Waals surface area contributed by atoms with Crippen molar-refractivity contribution in [3.63, 3.8) is 0 Å². The van der Waals surface area contributed by atoms with E-state index in [-0.39, 0.29) is 24.2 Å². The fourth-order valence-electron chi connectivity index (χ4n) is 8.77. The predicted molar refractivity (Wildman–Crippen MR) is 226 cm³/mol. The molecular formula is C47H53N7O4. The summed E-state index contributed by atoms with van der Waals surface area (Å²) in [5.74, 6) is 2.48. The van der Waals surface area contributed by atoms with E-state index in [0.717, 1.165) is 80.8 Å². The van der Waals surface area contributed by atoms with Gasteiger partial charge in [0.2, 0.25) is 0 Å². The summed E-state index contributed by atoms with van der Waals surface area (Å²) >= 11 is 0. The number of hydrogen-bond donors (Lipinski definition) is 3. The molecule has 11 heteroatoms. The molecule has 1 unspecified atom stereocenters. The summed E-state index contributed by atoms with van der Waals surface area (Å²) in [5, 5.41) is 4.75. The molecule has 0 bridgehead atoms. The summed E-state index contributed by atoms with van der Waals surface area (Å²) in [5.41, 5.74) is 7.92. The van der Waals surface area contributed by atoms with E-state index in [1.807, 2.05) is 58.8 Å². The number of piperidine rings is 1. The van der Waals surface area contributed by atoms with Gasteiger partial charge in [0.05, 0.1) is 35.2 Å². The smallest absolute Gasteiger partial charge is 0.420 e. The van der Waals surface area contributed by atoms with E-state index in [9.17, 15) is 9.59 Å². The number of aromatic amines is 2. The molecule has 3 N–H and O–H groups in total. The van der Waals surface area contributed by atoms with Crippen molar-refractivity contribution >= 4 is 23.1 Å². The molecule has 1 aliphatic carbocycles. The maximum absolute atomic E-state index is 13.4. The number of carbonyl (C=O) groups is 2. The van der Waals surface area contributed by atoms with E-state index in [1.165, 1.54) is 0 Å². The van der Waals surface area contributed by atoms with Gasteiger partial charge in [0.25, 0.3) is 0 Å². The van der Waals surface area contributed by atoms with Crippen LogP contribution in [0.5, 0.6) is 0 Å². The first kappa shape index (κ1) is 37.9. The third-order valence-electron chi connectivity index (χ3n) is 11.9. The van der Waals surface area contributed by atoms with Gasteiger partial charge < -0.3 is 24.8 Å². The Kier molecular flexibility index (Phi) is 9.15. The summed E-state index contributed by atoms with van der Waals surface area (Å²) in [4.78, 5) is 45.2. The van der Waals surface area contributed by atoms with Crippen LogP contribution >= 0.6 is 0 Å². The molecule has 1 saturated carbocycles. The quantitative estimate of drug-likeness (QED) is 0.153. The van der Waals surface area contributed by atoms with Crippen LogP contribution in [-0.4, -0.2) is 64.9 Å². The van der Waals surface area contributed by atoms with Crippen LogP contribution in [0.3, 0.4) is 0 Å². The number of likely N-dealkylation sites (tertiary alicyclic amines) is 1. The van der Waals surface area contributed by atoms with Gasteiger partial charge >= 0.3 is 12.2 Å². The largest absolute Gasteiger partial charge is 0.444 e. The van der Waals surface area contributed by atoms with Gasteiger partial charge in [0, 0.05) is 41.0 Å². The highest BCUT2D eigenvalue weighted by atomic mass is 16.6. The van der Waals surface area contributed by atoms with Crippen LogP contribution in [0.1, 0.15) is 98.4 Å². The molecule has 3 fully saturated rings. The van der Waals surface area contributed by atoms with Gasteiger partial charge in [-0.3, -0.25) is 4.90 Å². The van der Waals surface area contributed by atoms with Gasteiger partial charge in [-0.05, 0) is 108 Å². The summed E-state index contributed by atoms with van der Waals surface area (Å²) < 4.78 is 13.1. The van der Waals surface area contributed by atoms with Crippen LogP contribution in [0.25, 0.3) is 55.7 Å². The highest BCUT2D eigenvalue weighted by Crippen LogP contribution is 2.53. The SMILES string of the molecule is CC1C[C@@H](c2nc(-c3ccc(-c4ccc(-c5ccc(-c6cnc([C@@H]7C[C@H]8C[C@H]8N7C(=O)OC(C)(C)C)[nH]6)cc5)c5[nH]ccc45)cc3)cn2C(=O)OC(C)(C)C)N[C@@H]1C. The number of benzene rings is 3. The molecule has 11 nitrogen and oxygen atoms in total. The van der Waals surface area contributed by atoms with Crippen LogP contribution in [-0.2, 0) is 9.47 Å². The molecule has 0 spiro atoms. The van der Waals surface area contributed by atoms with E-state index in [4.69, 9.17) is 19.4 Å². The molecule has 3 aromatic carbocycles. The van der Waals surface area contributed by atoms with Crippen LogP contribution in [0.15, 0.2) is 85.3 Å². The molecule has 6 aromatic rings. The summed E-state index contributed by atoms with van der Waals surface area (Å²) in [7, 11) is 0. The minimum Gasteiger partial charge on any atom is -0.444 e. The van der Waals surface area contributed by atoms with Crippen LogP contribution < -0.4 is 5.32 Å². The lowest BCUT2D eigenvalue weighted by Gasteiger charge is -2.29. The Morgan fingerprint density at radius 2 is 1.40 bits per heavy atom. The second kappa shape index (κ2) is 14.0. The van der Waals surface area contributed by atoms with Gasteiger partial charge in [0.1, 0.15) is 22.9 Å². The Morgan fingerprint density at radius 3 is 2.07 bits per heavy atom. The number of aromatic nitrogens is 5. The van der Waals surface area contributed by atoms with Crippen LogP contribution in [0.2, 0.25) is 0 Å². The monoisotopic (exact) mass is 779 g/mol. The zero-order valence-corrected chi connectivity index (χ0v) is 34.6. The number of nitrogens with zero attached hydrogens (tertiary/aromatic N) is 4. The number of carbonyl (C=O) groups excluding carboxylic acids is 2. The number of amides is 1. The van der Waals surface area contributed by atoms with Crippen LogP contribution in [0.4, 0.5) is 9.59 Å². The Hall–Kier alpha value is -5.68. The van der Waals surface area contributed by atoms with E-state index < -0.39 is 17.3 Å². The lowest BCUT2D eigenvalue weighted by atomic mass is 9.95. The number of hydrogen-bond acceptors (Lipinski definition) is 7. The first-order valence-corrected chi connectivity index (χ1v) is 20.6. The fourth-order valence-corrected chi connectivity index (χ4v) is 8.77. The van der Waals surface area contributed by atoms with Gasteiger partial charge in [-0.1, -0.05) is 67.6 Å². The first-order chi connectivity index (χ1) is 27.6. The van der Waals surface area contributed by atoms with Crippen molar-refractivity contribution in [2.24, 2.45) is 11.8 Å². The lowest BCUT2D eigenvalue weighted by molar-refractivity contribution is 0.0175. The van der Waals surface area contributed by atoms with Crippen molar-refractivity contribution < 1.29 is 19.1 Å². The minimum absolute atomic E-state index is 0.0359. The van der Waals surface area contributed by atoms with Crippen LogP contribution in [0, 0.1) is 11.8 Å². The molecule has 2 saturated heterocycles. The van der Waals surface area contributed by atoms with E-state index in [1.54, 1.807) is 10.8 Å². The van der Waals surface area contributed by atoms with Gasteiger partial charge in [-0.2, -0.15) is 0 Å². The zero-order valence-electron chi connectivity index (χ0n) is 34.6. The number of H-pyrrole nitrogens is 2. The Bertz CT molecular complexity index is 2490. The molecule has 300 valence electrons. The van der Waals surface area contributed by atoms with Crippen molar-refractivity contribution in [1.29, 1.82) is 0 Å². The second-order valence-electron chi connectivity index (χ2n) is 18.5. The highest BCUT2D eigenvalue weighted by molar-refractivity contribution is 6.03. The first-order valence-electron chi connectivity index (χ1n) is 20.6. The third kappa shape index (κ3) is 7.21. The van der Waals surface area contributed by atoms with E-state index >= 15 is 0 Å². The normalized spacial score (nSPS) is 23.0. The van der Waals surface area contributed by atoms with Crippen molar-refractivity contribution in [2.75, 3.05) is 0 Å². The Balaban J connectivity index is 0.941. The number of rotatable bonds is 6. The summed E-state index contributed by atoms with van der Waals surface area (Å²) in [6.45, 7) is 15.7. The number of ether oxygens (including phenoxy) is 2. The second-order valence-corrected chi connectivity index (χ2v) is 18.5. The van der Waals surface area contributed by atoms with Gasteiger partial charge in [-0.25, -0.2) is 24.1 Å². The molecular weight excluding hydrogens is 727 g/mol. The van der Waals surface area contributed by atoms with Crippen molar-refractivity contribution in [1.82, 2.24) is 34.7 Å². The molecule has 5 heterocycles. The maximum Gasteiger partial charge on any atom is 0.420 e. The standard InChI is InChI=1S/C47H53N7O4/c1-26-21-36(50-27(26)2)43-52-38(25-53(43)44(55)57-46(3,4)5)31-15-9-28(10-16-31)33-17-18-34(41-35(33)19-20-48-41)29-11-13-30(14-12-29)37-24-49-42(51-37)40-23-32-22-39(32)54(40)45(56)58-47(6,7)8/h9-20,24-27,32,36,39-40,48,50H,21-23H2,1-8H3,(H,49,51)/t26?,27-,32-,36+,39-,40+/m1/s1. The van der Waals surface area contributed by atoms with E-state index in [2.05, 4.69) is 95.9 Å². The number of imidazole rings is 2. The molecule has 2 aliphatic heterocycles. The fraction of sp³-hybridized carbons (Fsp3) is 0.404. The van der Waals surface area contributed by atoms with Crippen molar-refractivity contribution in [3.05, 3.63) is 97.0 Å². The average Bonchev–Trinajstić information content (AvgIpc) is 3.79. The summed E-state index contributed by atoms with van der Waals surface area (Å²) in [6, 6.07) is 23.8. The minimum atomic E-state index is -0.623. The topological polar surface area (TPSA) is 130 Å².